The first kappa shape index (κ1) is 22.3. The van der Waals surface area contributed by atoms with Crippen LogP contribution in [0, 0.1) is 0 Å². The fraction of sp³-hybridized carbons (Fsp3) is 0.304. The maximum Gasteiger partial charge on any atom is 0.250 e. The SMILES string of the molecule is CCOc1cc(C=NNc2nc(Nc3ccccc3)nc(N3CCOCC3)n2)ccc1OC. The lowest BCUT2D eigenvalue weighted by atomic mass is 10.2. The third kappa shape index (κ3) is 6.07. The molecule has 0 saturated carbocycles. The van der Waals surface area contributed by atoms with Gasteiger partial charge in [0.15, 0.2) is 11.5 Å². The monoisotopic (exact) mass is 449 g/mol. The number of benzene rings is 2. The largest absolute Gasteiger partial charge is 0.493 e. The van der Waals surface area contributed by atoms with Crippen LogP contribution in [0.25, 0.3) is 0 Å². The molecule has 33 heavy (non-hydrogen) atoms. The standard InChI is InChI=1S/C23H27N7O3/c1-3-33-20-15-17(9-10-19(20)31-2)16-24-29-22-26-21(25-18-7-5-4-6-8-18)27-23(28-22)30-11-13-32-14-12-30/h4-10,15-16H,3,11-14H2,1-2H3,(H2,25,26,27,28,29). The van der Waals surface area contributed by atoms with Gasteiger partial charge in [-0.1, -0.05) is 18.2 Å². The summed E-state index contributed by atoms with van der Waals surface area (Å²) in [7, 11) is 1.61. The number of nitrogens with one attached hydrogen (secondary N) is 2. The van der Waals surface area contributed by atoms with Gasteiger partial charge >= 0.3 is 0 Å². The summed E-state index contributed by atoms with van der Waals surface area (Å²) in [5.41, 5.74) is 4.64. The summed E-state index contributed by atoms with van der Waals surface area (Å²) in [6, 6.07) is 15.3. The average molecular weight is 450 g/mol. The molecule has 1 aliphatic heterocycles. The van der Waals surface area contributed by atoms with E-state index in [4.69, 9.17) is 14.2 Å². The van der Waals surface area contributed by atoms with E-state index < -0.39 is 0 Å². The van der Waals surface area contributed by atoms with Crippen molar-refractivity contribution in [3.05, 3.63) is 54.1 Å². The van der Waals surface area contributed by atoms with E-state index >= 15 is 0 Å². The first-order chi connectivity index (χ1) is 16.2. The van der Waals surface area contributed by atoms with Crippen molar-refractivity contribution in [2.75, 3.05) is 55.7 Å². The number of ether oxygens (including phenoxy) is 3. The lowest BCUT2D eigenvalue weighted by Gasteiger charge is -2.27. The zero-order valence-electron chi connectivity index (χ0n) is 18.7. The molecule has 2 N–H and O–H groups in total. The Bertz CT molecular complexity index is 1070. The van der Waals surface area contributed by atoms with Gasteiger partial charge in [-0.15, -0.1) is 0 Å². The van der Waals surface area contributed by atoms with Crippen molar-refractivity contribution in [2.24, 2.45) is 5.10 Å². The predicted octanol–water partition coefficient (Wildman–Crippen LogP) is 3.31. The first-order valence-electron chi connectivity index (χ1n) is 10.8. The number of methoxy groups -OCH3 is 1. The number of hydrogen-bond acceptors (Lipinski definition) is 10. The average Bonchev–Trinajstić information content (AvgIpc) is 2.85. The number of anilines is 4. The molecule has 172 valence electrons. The van der Waals surface area contributed by atoms with Gasteiger partial charge in [0.2, 0.25) is 17.8 Å². The Balaban J connectivity index is 1.54. The van der Waals surface area contributed by atoms with Crippen molar-refractivity contribution < 1.29 is 14.2 Å². The molecule has 0 spiro atoms. The molecular weight excluding hydrogens is 422 g/mol. The molecular formula is C23H27N7O3. The topological polar surface area (TPSA) is 106 Å². The van der Waals surface area contributed by atoms with Crippen LogP contribution in [0.15, 0.2) is 53.6 Å². The van der Waals surface area contributed by atoms with E-state index in [1.807, 2.05) is 55.5 Å². The van der Waals surface area contributed by atoms with E-state index in [1.54, 1.807) is 13.3 Å². The Kier molecular flexibility index (Phi) is 7.49. The van der Waals surface area contributed by atoms with Gasteiger partial charge in [0.1, 0.15) is 0 Å². The van der Waals surface area contributed by atoms with Gasteiger partial charge in [0, 0.05) is 18.8 Å². The summed E-state index contributed by atoms with van der Waals surface area (Å²) in [5.74, 6) is 2.66. The minimum atomic E-state index is 0.333. The van der Waals surface area contributed by atoms with Gasteiger partial charge in [-0.2, -0.15) is 20.1 Å². The fourth-order valence-electron chi connectivity index (χ4n) is 3.23. The summed E-state index contributed by atoms with van der Waals surface area (Å²) in [5, 5.41) is 7.53. The molecule has 1 aliphatic rings. The molecule has 0 radical (unpaired) electrons. The number of rotatable bonds is 9. The highest BCUT2D eigenvalue weighted by molar-refractivity contribution is 5.81. The number of hydrazone groups is 1. The number of morpholine rings is 1. The molecule has 0 bridgehead atoms. The van der Waals surface area contributed by atoms with Gasteiger partial charge in [0.05, 0.1) is 33.1 Å². The van der Waals surface area contributed by atoms with Gasteiger partial charge in [-0.3, -0.25) is 0 Å². The van der Waals surface area contributed by atoms with E-state index in [9.17, 15) is 0 Å². The minimum absolute atomic E-state index is 0.333. The van der Waals surface area contributed by atoms with E-state index in [-0.39, 0.29) is 0 Å². The van der Waals surface area contributed by atoms with Crippen LogP contribution in [0.2, 0.25) is 0 Å². The van der Waals surface area contributed by atoms with Crippen molar-refractivity contribution >= 4 is 29.7 Å². The quantitative estimate of drug-likeness (QED) is 0.376. The smallest absolute Gasteiger partial charge is 0.250 e. The second-order valence-electron chi connectivity index (χ2n) is 7.09. The normalized spacial score (nSPS) is 13.7. The van der Waals surface area contributed by atoms with Crippen molar-refractivity contribution in [2.45, 2.75) is 6.92 Å². The molecule has 10 heteroatoms. The second-order valence-corrected chi connectivity index (χ2v) is 7.09. The highest BCUT2D eigenvalue weighted by Crippen LogP contribution is 2.27. The summed E-state index contributed by atoms with van der Waals surface area (Å²) < 4.78 is 16.4. The van der Waals surface area contributed by atoms with Crippen LogP contribution in [-0.4, -0.2) is 61.2 Å². The highest BCUT2D eigenvalue weighted by Gasteiger charge is 2.16. The van der Waals surface area contributed by atoms with Crippen LogP contribution in [-0.2, 0) is 4.74 Å². The molecule has 4 rings (SSSR count). The van der Waals surface area contributed by atoms with Crippen molar-refractivity contribution in [3.8, 4) is 11.5 Å². The van der Waals surface area contributed by atoms with E-state index in [0.717, 1.165) is 11.3 Å². The molecule has 2 aromatic carbocycles. The van der Waals surface area contributed by atoms with Crippen LogP contribution in [0.1, 0.15) is 12.5 Å². The Morgan fingerprint density at radius 2 is 1.82 bits per heavy atom. The van der Waals surface area contributed by atoms with Gasteiger partial charge in [-0.05, 0) is 42.8 Å². The maximum absolute atomic E-state index is 5.62. The van der Waals surface area contributed by atoms with Crippen molar-refractivity contribution in [1.29, 1.82) is 0 Å². The predicted molar refractivity (Wildman–Crippen MR) is 128 cm³/mol. The maximum atomic E-state index is 5.62. The molecule has 0 unspecified atom stereocenters. The molecule has 1 aromatic heterocycles. The number of para-hydroxylation sites is 1. The van der Waals surface area contributed by atoms with Crippen LogP contribution in [0.3, 0.4) is 0 Å². The zero-order valence-corrected chi connectivity index (χ0v) is 18.7. The van der Waals surface area contributed by atoms with Crippen LogP contribution >= 0.6 is 0 Å². The number of aromatic nitrogens is 3. The molecule has 2 heterocycles. The van der Waals surface area contributed by atoms with Crippen LogP contribution < -0.4 is 25.1 Å². The third-order valence-corrected chi connectivity index (χ3v) is 4.81. The summed E-state index contributed by atoms with van der Waals surface area (Å²) in [6.07, 6.45) is 1.67. The molecule has 0 aliphatic carbocycles. The summed E-state index contributed by atoms with van der Waals surface area (Å²) >= 11 is 0. The Labute approximate surface area is 192 Å². The van der Waals surface area contributed by atoms with Gasteiger partial charge < -0.3 is 24.4 Å². The fourth-order valence-corrected chi connectivity index (χ4v) is 3.23. The highest BCUT2D eigenvalue weighted by atomic mass is 16.5. The third-order valence-electron chi connectivity index (χ3n) is 4.81. The van der Waals surface area contributed by atoms with E-state index in [0.29, 0.717) is 62.3 Å². The first-order valence-corrected chi connectivity index (χ1v) is 10.8. The van der Waals surface area contributed by atoms with Crippen molar-refractivity contribution in [3.63, 3.8) is 0 Å². The lowest BCUT2D eigenvalue weighted by molar-refractivity contribution is 0.122. The van der Waals surface area contributed by atoms with Crippen molar-refractivity contribution in [1.82, 2.24) is 15.0 Å². The molecule has 1 fully saturated rings. The minimum Gasteiger partial charge on any atom is -0.493 e. The van der Waals surface area contributed by atoms with E-state index in [2.05, 4.69) is 35.7 Å². The molecule has 10 nitrogen and oxygen atoms in total. The molecule has 0 amide bonds. The zero-order chi connectivity index (χ0) is 22.9. The van der Waals surface area contributed by atoms with Gasteiger partial charge in [-0.25, -0.2) is 5.43 Å². The molecule has 0 atom stereocenters. The molecule has 1 saturated heterocycles. The van der Waals surface area contributed by atoms with Crippen LogP contribution in [0.5, 0.6) is 11.5 Å². The summed E-state index contributed by atoms with van der Waals surface area (Å²) in [6.45, 7) is 5.16. The van der Waals surface area contributed by atoms with Crippen LogP contribution in [0.4, 0.5) is 23.5 Å². The second kappa shape index (κ2) is 11.1. The Morgan fingerprint density at radius 3 is 2.58 bits per heavy atom. The summed E-state index contributed by atoms with van der Waals surface area (Å²) in [4.78, 5) is 15.7. The Hall–Kier alpha value is -3.92. The molecule has 3 aromatic rings. The number of nitrogens with zero attached hydrogens (tertiary/aromatic N) is 5. The lowest BCUT2D eigenvalue weighted by Crippen LogP contribution is -2.37. The van der Waals surface area contributed by atoms with Gasteiger partial charge in [0.25, 0.3) is 0 Å². The van der Waals surface area contributed by atoms with E-state index in [1.165, 1.54) is 0 Å². The number of hydrogen-bond donors (Lipinski definition) is 2. The Morgan fingerprint density at radius 1 is 1.03 bits per heavy atom.